The van der Waals surface area contributed by atoms with Gasteiger partial charge in [0.1, 0.15) is 5.82 Å². The maximum Gasteiger partial charge on any atom is 0.126 e. The Balaban J connectivity index is 2.21. The summed E-state index contributed by atoms with van der Waals surface area (Å²) in [5, 5.41) is 3.27. The Hall–Kier alpha value is -0.960. The number of nitrogens with one attached hydrogen (secondary N) is 1. The van der Waals surface area contributed by atoms with Crippen LogP contribution in [0.15, 0.2) is 18.3 Å². The van der Waals surface area contributed by atoms with Crippen LogP contribution in [0.25, 0.3) is 0 Å². The third-order valence-electron chi connectivity index (χ3n) is 2.16. The maximum atomic E-state index is 12.8. The van der Waals surface area contributed by atoms with Gasteiger partial charge in [-0.15, -0.1) is 0 Å². The van der Waals surface area contributed by atoms with Crippen molar-refractivity contribution in [2.24, 2.45) is 0 Å². The van der Waals surface area contributed by atoms with E-state index in [4.69, 9.17) is 0 Å². The summed E-state index contributed by atoms with van der Waals surface area (Å²) in [5.74, 6) is -0.200. The van der Waals surface area contributed by atoms with E-state index in [1.165, 1.54) is 18.3 Å². The van der Waals surface area contributed by atoms with Gasteiger partial charge in [0.2, 0.25) is 0 Å². The van der Waals surface area contributed by atoms with Crippen LogP contribution in [-0.2, 0) is 0 Å². The molecule has 1 aromatic heterocycles. The second-order valence-electron chi connectivity index (χ2n) is 3.05. The molecular formula is C9H11FN2. The first kappa shape index (κ1) is 7.68. The van der Waals surface area contributed by atoms with Crippen LogP contribution in [0, 0.1) is 5.82 Å². The second kappa shape index (κ2) is 3.19. The van der Waals surface area contributed by atoms with E-state index in [1.54, 1.807) is 0 Å². The Bertz CT molecular complexity index is 269. The fraction of sp³-hybridized carbons (Fsp3) is 0.444. The van der Waals surface area contributed by atoms with E-state index in [0.29, 0.717) is 0 Å². The van der Waals surface area contributed by atoms with Crippen LogP contribution >= 0.6 is 0 Å². The molecule has 1 N–H and O–H groups in total. The van der Waals surface area contributed by atoms with E-state index in [1.807, 2.05) is 0 Å². The summed E-state index contributed by atoms with van der Waals surface area (Å²) in [5.41, 5.74) is 0.826. The number of hydrogen-bond acceptors (Lipinski definition) is 2. The van der Waals surface area contributed by atoms with Crippen LogP contribution in [0.2, 0.25) is 0 Å². The lowest BCUT2D eigenvalue weighted by Gasteiger charge is -2.08. The topological polar surface area (TPSA) is 24.9 Å². The second-order valence-corrected chi connectivity index (χ2v) is 3.05. The molecular weight excluding hydrogens is 155 g/mol. The Morgan fingerprint density at radius 3 is 3.17 bits per heavy atom. The van der Waals surface area contributed by atoms with Gasteiger partial charge in [-0.3, -0.25) is 4.98 Å². The van der Waals surface area contributed by atoms with Crippen LogP contribution in [0.5, 0.6) is 0 Å². The van der Waals surface area contributed by atoms with Crippen molar-refractivity contribution < 1.29 is 4.39 Å². The summed E-state index contributed by atoms with van der Waals surface area (Å²) in [6.45, 7) is 1.02. The molecule has 1 aliphatic rings. The van der Waals surface area contributed by atoms with Crippen molar-refractivity contribution in [2.75, 3.05) is 6.54 Å². The standard InChI is InChI=1S/C9H11FN2/c10-7-3-5-12-9(6-7)8-2-1-4-11-8/h3,5-6,8,11H,1-2,4H2. The molecule has 1 unspecified atom stereocenters. The highest BCUT2D eigenvalue weighted by molar-refractivity contribution is 5.11. The van der Waals surface area contributed by atoms with Gasteiger partial charge < -0.3 is 5.32 Å². The van der Waals surface area contributed by atoms with Crippen molar-refractivity contribution in [3.63, 3.8) is 0 Å². The number of aromatic nitrogens is 1. The molecule has 1 aliphatic heterocycles. The molecule has 2 nitrogen and oxygen atoms in total. The molecule has 0 aromatic carbocycles. The number of hydrogen-bond donors (Lipinski definition) is 1. The lowest BCUT2D eigenvalue weighted by atomic mass is 10.1. The summed E-state index contributed by atoms with van der Waals surface area (Å²) in [6, 6.07) is 3.14. The molecule has 2 heterocycles. The zero-order valence-corrected chi connectivity index (χ0v) is 6.76. The quantitative estimate of drug-likeness (QED) is 0.686. The highest BCUT2D eigenvalue weighted by Crippen LogP contribution is 2.20. The van der Waals surface area contributed by atoms with Gasteiger partial charge in [0.25, 0.3) is 0 Å². The van der Waals surface area contributed by atoms with Crippen LogP contribution in [0.4, 0.5) is 4.39 Å². The lowest BCUT2D eigenvalue weighted by Crippen LogP contribution is -2.14. The van der Waals surface area contributed by atoms with Crippen molar-refractivity contribution in [1.29, 1.82) is 0 Å². The Kier molecular flexibility index (Phi) is 2.04. The van der Waals surface area contributed by atoms with Gasteiger partial charge in [-0.2, -0.15) is 0 Å². The largest absolute Gasteiger partial charge is 0.309 e. The van der Waals surface area contributed by atoms with E-state index in [-0.39, 0.29) is 11.9 Å². The Morgan fingerprint density at radius 1 is 1.58 bits per heavy atom. The zero-order chi connectivity index (χ0) is 8.39. The minimum Gasteiger partial charge on any atom is -0.309 e. The zero-order valence-electron chi connectivity index (χ0n) is 6.76. The first-order valence-corrected chi connectivity index (χ1v) is 4.21. The van der Waals surface area contributed by atoms with Gasteiger partial charge in [-0.25, -0.2) is 4.39 Å². The van der Waals surface area contributed by atoms with Crippen LogP contribution in [-0.4, -0.2) is 11.5 Å². The fourth-order valence-corrected chi connectivity index (χ4v) is 1.55. The maximum absolute atomic E-state index is 12.8. The summed E-state index contributed by atoms with van der Waals surface area (Å²) in [4.78, 5) is 4.12. The third kappa shape index (κ3) is 1.46. The average molecular weight is 166 g/mol. The minimum absolute atomic E-state index is 0.200. The molecule has 1 aromatic rings. The van der Waals surface area contributed by atoms with Gasteiger partial charge in [0.05, 0.1) is 5.69 Å². The van der Waals surface area contributed by atoms with Crippen LogP contribution in [0.1, 0.15) is 24.6 Å². The molecule has 0 amide bonds. The van der Waals surface area contributed by atoms with Crippen molar-refractivity contribution in [3.05, 3.63) is 29.8 Å². The third-order valence-corrected chi connectivity index (χ3v) is 2.16. The molecule has 3 heteroatoms. The highest BCUT2D eigenvalue weighted by atomic mass is 19.1. The summed E-state index contributed by atoms with van der Waals surface area (Å²) < 4.78 is 12.8. The Labute approximate surface area is 70.8 Å². The van der Waals surface area contributed by atoms with E-state index in [0.717, 1.165) is 25.1 Å². The van der Waals surface area contributed by atoms with Gasteiger partial charge >= 0.3 is 0 Å². The number of nitrogens with zero attached hydrogens (tertiary/aromatic N) is 1. The number of rotatable bonds is 1. The van der Waals surface area contributed by atoms with E-state index >= 15 is 0 Å². The van der Waals surface area contributed by atoms with E-state index in [9.17, 15) is 4.39 Å². The summed E-state index contributed by atoms with van der Waals surface area (Å²) >= 11 is 0. The molecule has 1 saturated heterocycles. The van der Waals surface area contributed by atoms with E-state index in [2.05, 4.69) is 10.3 Å². The van der Waals surface area contributed by atoms with Crippen molar-refractivity contribution >= 4 is 0 Å². The van der Waals surface area contributed by atoms with Crippen LogP contribution in [0.3, 0.4) is 0 Å². The predicted octanol–water partition coefficient (Wildman–Crippen LogP) is 1.65. The highest BCUT2D eigenvalue weighted by Gasteiger charge is 2.17. The van der Waals surface area contributed by atoms with Crippen molar-refractivity contribution in [2.45, 2.75) is 18.9 Å². The first-order chi connectivity index (χ1) is 5.86. The minimum atomic E-state index is -0.200. The first-order valence-electron chi connectivity index (χ1n) is 4.21. The fourth-order valence-electron chi connectivity index (χ4n) is 1.55. The SMILES string of the molecule is Fc1ccnc(C2CCCN2)c1. The molecule has 0 bridgehead atoms. The van der Waals surface area contributed by atoms with Crippen molar-refractivity contribution in [3.8, 4) is 0 Å². The average Bonchev–Trinajstić information content (AvgIpc) is 2.56. The molecule has 0 aliphatic carbocycles. The molecule has 0 radical (unpaired) electrons. The van der Waals surface area contributed by atoms with Gasteiger partial charge in [0.15, 0.2) is 0 Å². The summed E-state index contributed by atoms with van der Waals surface area (Å²) in [6.07, 6.45) is 3.74. The summed E-state index contributed by atoms with van der Waals surface area (Å²) in [7, 11) is 0. The molecule has 0 saturated carbocycles. The Morgan fingerprint density at radius 2 is 2.50 bits per heavy atom. The van der Waals surface area contributed by atoms with E-state index < -0.39 is 0 Å². The van der Waals surface area contributed by atoms with Gasteiger partial charge in [-0.05, 0) is 31.5 Å². The number of pyridine rings is 1. The molecule has 0 spiro atoms. The van der Waals surface area contributed by atoms with Crippen LogP contribution < -0.4 is 5.32 Å². The number of halogens is 1. The lowest BCUT2D eigenvalue weighted by molar-refractivity contribution is 0.592. The van der Waals surface area contributed by atoms with Gasteiger partial charge in [0, 0.05) is 12.2 Å². The normalized spacial score (nSPS) is 22.9. The molecule has 2 rings (SSSR count). The molecule has 1 atom stereocenters. The monoisotopic (exact) mass is 166 g/mol. The smallest absolute Gasteiger partial charge is 0.126 e. The predicted molar refractivity (Wildman–Crippen MR) is 44.2 cm³/mol. The molecule has 12 heavy (non-hydrogen) atoms. The molecule has 1 fully saturated rings. The van der Waals surface area contributed by atoms with Gasteiger partial charge in [-0.1, -0.05) is 0 Å². The molecule has 64 valence electrons. The van der Waals surface area contributed by atoms with Crippen molar-refractivity contribution in [1.82, 2.24) is 10.3 Å².